The van der Waals surface area contributed by atoms with E-state index in [4.69, 9.17) is 0 Å². The van der Waals surface area contributed by atoms with Gasteiger partial charge in [0.2, 0.25) is 0 Å². The average molecular weight is 359 g/mol. The molecule has 0 bridgehead atoms. The number of amides is 1. The molecular formula is C23H25N3O. The molecule has 0 saturated carbocycles. The first-order chi connectivity index (χ1) is 13.1. The van der Waals surface area contributed by atoms with Crippen molar-refractivity contribution in [3.8, 4) is 0 Å². The summed E-state index contributed by atoms with van der Waals surface area (Å²) < 4.78 is 0. The molecule has 1 N–H and O–H groups in total. The minimum Gasteiger partial charge on any atom is -0.380 e. The van der Waals surface area contributed by atoms with Gasteiger partial charge in [-0.15, -0.1) is 0 Å². The Hall–Kier alpha value is -3.14. The van der Waals surface area contributed by atoms with Gasteiger partial charge in [0.15, 0.2) is 0 Å². The van der Waals surface area contributed by atoms with Crippen molar-refractivity contribution in [3.05, 3.63) is 89.2 Å². The second kappa shape index (κ2) is 8.49. The van der Waals surface area contributed by atoms with Crippen molar-refractivity contribution in [3.63, 3.8) is 0 Å². The van der Waals surface area contributed by atoms with E-state index in [1.165, 1.54) is 11.1 Å². The molecule has 138 valence electrons. The summed E-state index contributed by atoms with van der Waals surface area (Å²) >= 11 is 0. The number of nitrogens with one attached hydrogen (secondary N) is 1. The van der Waals surface area contributed by atoms with Crippen molar-refractivity contribution in [2.75, 3.05) is 16.8 Å². The Kier molecular flexibility index (Phi) is 5.87. The van der Waals surface area contributed by atoms with Crippen LogP contribution in [0.5, 0.6) is 0 Å². The van der Waals surface area contributed by atoms with Crippen LogP contribution in [0.3, 0.4) is 0 Å². The van der Waals surface area contributed by atoms with Crippen LogP contribution in [0.1, 0.15) is 34.0 Å². The van der Waals surface area contributed by atoms with Crippen LogP contribution < -0.4 is 10.2 Å². The standard InChI is InChI=1S/C23H25N3O/c1-4-26(22-11-7-8-17(2)12-22)23(27)20-13-21(16-24-14-20)25-15-19-10-6-5-9-18(19)3/h5-14,16,25H,4,15H2,1-3H3. The lowest BCUT2D eigenvalue weighted by Gasteiger charge is -2.21. The fraction of sp³-hybridized carbons (Fsp3) is 0.217. The molecule has 2 aromatic carbocycles. The van der Waals surface area contributed by atoms with Crippen LogP contribution in [0, 0.1) is 13.8 Å². The minimum atomic E-state index is -0.0462. The first-order valence-electron chi connectivity index (χ1n) is 9.20. The normalized spacial score (nSPS) is 10.5. The van der Waals surface area contributed by atoms with Gasteiger partial charge < -0.3 is 10.2 Å². The highest BCUT2D eigenvalue weighted by Gasteiger charge is 2.17. The van der Waals surface area contributed by atoms with Gasteiger partial charge in [0.25, 0.3) is 5.91 Å². The molecule has 0 aliphatic heterocycles. The zero-order valence-corrected chi connectivity index (χ0v) is 16.1. The number of nitrogens with zero attached hydrogens (tertiary/aromatic N) is 2. The van der Waals surface area contributed by atoms with E-state index >= 15 is 0 Å². The molecule has 1 heterocycles. The van der Waals surface area contributed by atoms with E-state index in [2.05, 4.69) is 29.4 Å². The molecule has 1 aromatic heterocycles. The summed E-state index contributed by atoms with van der Waals surface area (Å²) in [6.45, 7) is 7.40. The molecule has 1 amide bonds. The van der Waals surface area contributed by atoms with Crippen molar-refractivity contribution in [1.82, 2.24) is 4.98 Å². The van der Waals surface area contributed by atoms with Crippen molar-refractivity contribution in [2.45, 2.75) is 27.3 Å². The number of aromatic nitrogens is 1. The predicted molar refractivity (Wildman–Crippen MR) is 111 cm³/mol. The second-order valence-corrected chi connectivity index (χ2v) is 6.63. The maximum Gasteiger partial charge on any atom is 0.259 e. The molecule has 3 rings (SSSR count). The van der Waals surface area contributed by atoms with Gasteiger partial charge in [0.1, 0.15) is 0 Å². The molecule has 0 spiro atoms. The molecule has 3 aromatic rings. The Balaban J connectivity index is 1.77. The number of anilines is 2. The third-order valence-electron chi connectivity index (χ3n) is 4.60. The number of carbonyl (C=O) groups is 1. The lowest BCUT2D eigenvalue weighted by Crippen LogP contribution is -2.30. The topological polar surface area (TPSA) is 45.2 Å². The van der Waals surface area contributed by atoms with Gasteiger partial charge in [-0.3, -0.25) is 9.78 Å². The van der Waals surface area contributed by atoms with Gasteiger partial charge in [0.05, 0.1) is 11.3 Å². The molecule has 0 aliphatic rings. The van der Waals surface area contributed by atoms with E-state index in [0.29, 0.717) is 18.7 Å². The summed E-state index contributed by atoms with van der Waals surface area (Å²) in [5.74, 6) is -0.0462. The fourth-order valence-electron chi connectivity index (χ4n) is 3.05. The van der Waals surface area contributed by atoms with E-state index in [0.717, 1.165) is 16.9 Å². The molecular weight excluding hydrogens is 334 g/mol. The van der Waals surface area contributed by atoms with Gasteiger partial charge in [-0.05, 0) is 55.7 Å². The summed E-state index contributed by atoms with van der Waals surface area (Å²) in [4.78, 5) is 19.1. The minimum absolute atomic E-state index is 0.0462. The number of rotatable bonds is 6. The largest absolute Gasteiger partial charge is 0.380 e. The second-order valence-electron chi connectivity index (χ2n) is 6.63. The summed E-state index contributed by atoms with van der Waals surface area (Å²) in [5.41, 5.74) is 5.91. The number of benzene rings is 2. The van der Waals surface area contributed by atoms with Gasteiger partial charge >= 0.3 is 0 Å². The molecule has 0 aliphatic carbocycles. The number of hydrogen-bond donors (Lipinski definition) is 1. The zero-order valence-electron chi connectivity index (χ0n) is 16.1. The van der Waals surface area contributed by atoms with E-state index < -0.39 is 0 Å². The molecule has 4 heteroatoms. The summed E-state index contributed by atoms with van der Waals surface area (Å²) in [5, 5.41) is 3.37. The lowest BCUT2D eigenvalue weighted by molar-refractivity contribution is 0.0988. The SMILES string of the molecule is CCN(C(=O)c1cncc(NCc2ccccc2C)c1)c1cccc(C)c1. The highest BCUT2D eigenvalue weighted by Crippen LogP contribution is 2.20. The van der Waals surface area contributed by atoms with E-state index in [9.17, 15) is 4.79 Å². The van der Waals surface area contributed by atoms with Crippen LogP contribution in [-0.4, -0.2) is 17.4 Å². The summed E-state index contributed by atoms with van der Waals surface area (Å²) in [7, 11) is 0. The Bertz CT molecular complexity index is 936. The van der Waals surface area contributed by atoms with Crippen LogP contribution in [0.25, 0.3) is 0 Å². The van der Waals surface area contributed by atoms with Gasteiger partial charge in [0, 0.05) is 31.2 Å². The summed E-state index contributed by atoms with van der Waals surface area (Å²) in [6, 6.07) is 18.1. The molecule has 27 heavy (non-hydrogen) atoms. The first-order valence-corrected chi connectivity index (χ1v) is 9.20. The smallest absolute Gasteiger partial charge is 0.259 e. The number of hydrogen-bond acceptors (Lipinski definition) is 3. The Morgan fingerprint density at radius 3 is 2.59 bits per heavy atom. The Morgan fingerprint density at radius 2 is 1.85 bits per heavy atom. The van der Waals surface area contributed by atoms with Crippen LogP contribution in [-0.2, 0) is 6.54 Å². The third-order valence-corrected chi connectivity index (χ3v) is 4.60. The predicted octanol–water partition coefficient (Wildman–Crippen LogP) is 4.98. The Labute approximate surface area is 160 Å². The van der Waals surface area contributed by atoms with Crippen LogP contribution in [0.15, 0.2) is 67.0 Å². The maximum atomic E-state index is 13.0. The molecule has 0 saturated heterocycles. The lowest BCUT2D eigenvalue weighted by atomic mass is 10.1. The zero-order chi connectivity index (χ0) is 19.2. The maximum absolute atomic E-state index is 13.0. The monoisotopic (exact) mass is 359 g/mol. The highest BCUT2D eigenvalue weighted by atomic mass is 16.2. The summed E-state index contributed by atoms with van der Waals surface area (Å²) in [6.07, 6.45) is 3.37. The Morgan fingerprint density at radius 1 is 1.04 bits per heavy atom. The van der Waals surface area contributed by atoms with Crippen molar-refractivity contribution < 1.29 is 4.79 Å². The molecule has 0 fully saturated rings. The first kappa shape index (κ1) is 18.6. The van der Waals surface area contributed by atoms with Crippen LogP contribution in [0.4, 0.5) is 11.4 Å². The number of carbonyl (C=O) groups excluding carboxylic acids is 1. The third kappa shape index (κ3) is 4.53. The van der Waals surface area contributed by atoms with Crippen molar-refractivity contribution in [2.24, 2.45) is 0 Å². The molecule has 4 nitrogen and oxygen atoms in total. The van der Waals surface area contributed by atoms with Gasteiger partial charge in [-0.2, -0.15) is 0 Å². The van der Waals surface area contributed by atoms with Crippen LogP contribution in [0.2, 0.25) is 0 Å². The van der Waals surface area contributed by atoms with Crippen molar-refractivity contribution in [1.29, 1.82) is 0 Å². The fourth-order valence-corrected chi connectivity index (χ4v) is 3.05. The van der Waals surface area contributed by atoms with E-state index in [-0.39, 0.29) is 5.91 Å². The number of pyridine rings is 1. The molecule has 0 radical (unpaired) electrons. The van der Waals surface area contributed by atoms with E-state index in [1.54, 1.807) is 17.3 Å². The van der Waals surface area contributed by atoms with Crippen LogP contribution >= 0.6 is 0 Å². The van der Waals surface area contributed by atoms with Crippen molar-refractivity contribution >= 4 is 17.3 Å². The molecule has 0 unspecified atom stereocenters. The van der Waals surface area contributed by atoms with Gasteiger partial charge in [-0.1, -0.05) is 36.4 Å². The van der Waals surface area contributed by atoms with E-state index in [1.807, 2.05) is 56.3 Å². The average Bonchev–Trinajstić information content (AvgIpc) is 2.68. The van der Waals surface area contributed by atoms with Gasteiger partial charge in [-0.25, -0.2) is 0 Å². The highest BCUT2D eigenvalue weighted by molar-refractivity contribution is 6.06. The molecule has 0 atom stereocenters. The quantitative estimate of drug-likeness (QED) is 0.675. The number of aryl methyl sites for hydroxylation is 2.